The van der Waals surface area contributed by atoms with E-state index < -0.39 is 15.9 Å². The van der Waals surface area contributed by atoms with E-state index in [1.54, 1.807) is 0 Å². The highest BCUT2D eigenvalue weighted by Gasteiger charge is 2.13. The zero-order valence-electron chi connectivity index (χ0n) is 9.27. The maximum absolute atomic E-state index is 11.0. The van der Waals surface area contributed by atoms with Crippen LogP contribution in [0, 0.1) is 6.92 Å². The van der Waals surface area contributed by atoms with Crippen LogP contribution in [0.25, 0.3) is 0 Å². The molecule has 90 valence electrons. The zero-order valence-corrected chi connectivity index (χ0v) is 11.7. The van der Waals surface area contributed by atoms with Crippen LogP contribution in [0.3, 0.4) is 0 Å². The molecule has 3 nitrogen and oxygen atoms in total. The van der Waals surface area contributed by atoms with Crippen molar-refractivity contribution in [2.45, 2.75) is 19.4 Å². The predicted octanol–water partition coefficient (Wildman–Crippen LogP) is 2.23. The number of rotatable bonds is 4. The Hall–Kier alpha value is -0.390. The van der Waals surface area contributed by atoms with Crippen LogP contribution in [-0.2, 0) is 9.84 Å². The number of sulfone groups is 1. The number of aliphatic hydroxyl groups excluding tert-OH is 1. The van der Waals surface area contributed by atoms with Crippen molar-refractivity contribution in [3.05, 3.63) is 33.8 Å². The van der Waals surface area contributed by atoms with Gasteiger partial charge in [-0.25, -0.2) is 8.42 Å². The summed E-state index contributed by atoms with van der Waals surface area (Å²) in [5.41, 5.74) is 1.74. The molecular formula is C11H15BrO3S. The molecule has 5 heteroatoms. The minimum Gasteiger partial charge on any atom is -0.388 e. The summed E-state index contributed by atoms with van der Waals surface area (Å²) < 4.78 is 22.9. The average Bonchev–Trinajstić information content (AvgIpc) is 2.17. The van der Waals surface area contributed by atoms with Crippen LogP contribution in [0.1, 0.15) is 23.7 Å². The topological polar surface area (TPSA) is 54.4 Å². The van der Waals surface area contributed by atoms with E-state index in [0.29, 0.717) is 0 Å². The first kappa shape index (κ1) is 13.7. The molecule has 16 heavy (non-hydrogen) atoms. The summed E-state index contributed by atoms with van der Waals surface area (Å²) in [5.74, 6) is 0.000119. The summed E-state index contributed by atoms with van der Waals surface area (Å²) in [6, 6.07) is 5.60. The maximum Gasteiger partial charge on any atom is 0.147 e. The Labute approximate surface area is 105 Å². The molecule has 1 aromatic carbocycles. The van der Waals surface area contributed by atoms with Gasteiger partial charge in [-0.15, -0.1) is 0 Å². The summed E-state index contributed by atoms with van der Waals surface area (Å²) >= 11 is 3.33. The second kappa shape index (κ2) is 5.29. The van der Waals surface area contributed by atoms with Gasteiger partial charge in [0, 0.05) is 10.7 Å². The summed E-state index contributed by atoms with van der Waals surface area (Å²) in [7, 11) is -3.02. The predicted molar refractivity (Wildman–Crippen MR) is 68.2 cm³/mol. The van der Waals surface area contributed by atoms with Gasteiger partial charge in [0.05, 0.1) is 11.9 Å². The van der Waals surface area contributed by atoms with Crippen molar-refractivity contribution in [3.8, 4) is 0 Å². The quantitative estimate of drug-likeness (QED) is 0.928. The number of halogens is 1. The minimum absolute atomic E-state index is 0.000119. The molecule has 1 atom stereocenters. The van der Waals surface area contributed by atoms with Gasteiger partial charge in [0.25, 0.3) is 0 Å². The molecule has 1 N–H and O–H groups in total. The van der Waals surface area contributed by atoms with Crippen molar-refractivity contribution in [1.29, 1.82) is 0 Å². The Morgan fingerprint density at radius 3 is 2.62 bits per heavy atom. The maximum atomic E-state index is 11.0. The van der Waals surface area contributed by atoms with Gasteiger partial charge in [0.1, 0.15) is 9.84 Å². The first-order valence-electron chi connectivity index (χ1n) is 4.91. The highest BCUT2D eigenvalue weighted by molar-refractivity contribution is 9.10. The first-order chi connectivity index (χ1) is 7.29. The van der Waals surface area contributed by atoms with Crippen LogP contribution in [0.4, 0.5) is 0 Å². The van der Waals surface area contributed by atoms with Gasteiger partial charge in [-0.05, 0) is 36.6 Å². The molecule has 0 spiro atoms. The number of hydrogen-bond acceptors (Lipinski definition) is 3. The lowest BCUT2D eigenvalue weighted by Crippen LogP contribution is -2.09. The molecule has 0 saturated carbocycles. The standard InChI is InChI=1S/C11H15BrO3S/c1-8-3-4-9(12)7-10(8)11(13)5-6-16(2,14)15/h3-4,7,11,13H,5-6H2,1-2H3. The molecule has 0 saturated heterocycles. The highest BCUT2D eigenvalue weighted by atomic mass is 79.9. The SMILES string of the molecule is Cc1ccc(Br)cc1C(O)CCS(C)(=O)=O. The molecule has 0 fully saturated rings. The minimum atomic E-state index is -3.02. The van der Waals surface area contributed by atoms with E-state index >= 15 is 0 Å². The van der Waals surface area contributed by atoms with Crippen molar-refractivity contribution in [2.75, 3.05) is 12.0 Å². The largest absolute Gasteiger partial charge is 0.388 e. The van der Waals surface area contributed by atoms with Crippen LogP contribution in [0.5, 0.6) is 0 Å². The fourth-order valence-corrected chi connectivity index (χ4v) is 2.48. The summed E-state index contributed by atoms with van der Waals surface area (Å²) in [4.78, 5) is 0. The Morgan fingerprint density at radius 1 is 1.44 bits per heavy atom. The van der Waals surface area contributed by atoms with Crippen LogP contribution in [0.2, 0.25) is 0 Å². The molecular weight excluding hydrogens is 292 g/mol. The summed E-state index contributed by atoms with van der Waals surface area (Å²) in [6.07, 6.45) is 0.677. The third-order valence-corrected chi connectivity index (χ3v) is 3.83. The van der Waals surface area contributed by atoms with Crippen LogP contribution >= 0.6 is 15.9 Å². The van der Waals surface area contributed by atoms with Crippen LogP contribution in [0.15, 0.2) is 22.7 Å². The summed E-state index contributed by atoms with van der Waals surface area (Å²) in [5, 5.41) is 9.90. The third-order valence-electron chi connectivity index (χ3n) is 2.36. The van der Waals surface area contributed by atoms with Gasteiger partial charge in [-0.1, -0.05) is 22.0 Å². The van der Waals surface area contributed by atoms with Gasteiger partial charge >= 0.3 is 0 Å². The fourth-order valence-electron chi connectivity index (χ4n) is 1.45. The molecule has 0 bridgehead atoms. The van der Waals surface area contributed by atoms with Crippen LogP contribution < -0.4 is 0 Å². The van der Waals surface area contributed by atoms with Crippen molar-refractivity contribution >= 4 is 25.8 Å². The summed E-state index contributed by atoms with van der Waals surface area (Å²) in [6.45, 7) is 1.89. The Balaban J connectivity index is 2.80. The monoisotopic (exact) mass is 306 g/mol. The van der Waals surface area contributed by atoms with Crippen LogP contribution in [-0.4, -0.2) is 25.5 Å². The molecule has 1 aromatic rings. The number of aryl methyl sites for hydroxylation is 1. The second-order valence-electron chi connectivity index (χ2n) is 3.94. The Bertz CT molecular complexity index is 468. The second-order valence-corrected chi connectivity index (χ2v) is 7.11. The van der Waals surface area contributed by atoms with E-state index in [9.17, 15) is 13.5 Å². The molecule has 0 aliphatic rings. The van der Waals surface area contributed by atoms with E-state index in [1.165, 1.54) is 6.26 Å². The van der Waals surface area contributed by atoms with Crippen molar-refractivity contribution < 1.29 is 13.5 Å². The van der Waals surface area contributed by atoms with Crippen molar-refractivity contribution in [3.63, 3.8) is 0 Å². The number of hydrogen-bond donors (Lipinski definition) is 1. The van der Waals surface area contributed by atoms with E-state index in [-0.39, 0.29) is 12.2 Å². The highest BCUT2D eigenvalue weighted by Crippen LogP contribution is 2.24. The molecule has 0 aliphatic heterocycles. The molecule has 1 rings (SSSR count). The van der Waals surface area contributed by atoms with E-state index in [0.717, 1.165) is 15.6 Å². The lowest BCUT2D eigenvalue weighted by atomic mass is 10.0. The van der Waals surface area contributed by atoms with Crippen molar-refractivity contribution in [2.24, 2.45) is 0 Å². The lowest BCUT2D eigenvalue weighted by molar-refractivity contribution is 0.173. The fraction of sp³-hybridized carbons (Fsp3) is 0.455. The molecule has 0 heterocycles. The third kappa shape index (κ3) is 4.23. The lowest BCUT2D eigenvalue weighted by Gasteiger charge is -2.13. The number of benzene rings is 1. The molecule has 0 aromatic heterocycles. The Kier molecular flexibility index (Phi) is 4.52. The molecule has 0 radical (unpaired) electrons. The van der Waals surface area contributed by atoms with E-state index in [4.69, 9.17) is 0 Å². The zero-order chi connectivity index (χ0) is 12.3. The van der Waals surface area contributed by atoms with E-state index in [1.807, 2.05) is 25.1 Å². The smallest absolute Gasteiger partial charge is 0.147 e. The van der Waals surface area contributed by atoms with Gasteiger partial charge in [-0.2, -0.15) is 0 Å². The van der Waals surface area contributed by atoms with Gasteiger partial charge in [-0.3, -0.25) is 0 Å². The Morgan fingerprint density at radius 2 is 2.06 bits per heavy atom. The van der Waals surface area contributed by atoms with Gasteiger partial charge in [0.2, 0.25) is 0 Å². The number of aliphatic hydroxyl groups is 1. The molecule has 0 aliphatic carbocycles. The van der Waals surface area contributed by atoms with Gasteiger partial charge < -0.3 is 5.11 Å². The van der Waals surface area contributed by atoms with Crippen molar-refractivity contribution in [1.82, 2.24) is 0 Å². The normalized spacial score (nSPS) is 13.8. The first-order valence-corrected chi connectivity index (χ1v) is 7.77. The van der Waals surface area contributed by atoms with Gasteiger partial charge in [0.15, 0.2) is 0 Å². The molecule has 0 amide bonds. The average molecular weight is 307 g/mol. The van der Waals surface area contributed by atoms with E-state index in [2.05, 4.69) is 15.9 Å². The molecule has 1 unspecified atom stereocenters.